The molecule has 1 atom stereocenters. The molecule has 0 aliphatic carbocycles. The number of thiazole rings is 1. The number of primary amides is 1. The van der Waals surface area contributed by atoms with Crippen LogP contribution in [0.4, 0.5) is 5.13 Å². The van der Waals surface area contributed by atoms with Gasteiger partial charge in [0.25, 0.3) is 0 Å². The van der Waals surface area contributed by atoms with Crippen molar-refractivity contribution < 1.29 is 9.59 Å². The minimum atomic E-state index is -0.409. The fourth-order valence-corrected chi connectivity index (χ4v) is 3.84. The van der Waals surface area contributed by atoms with Crippen molar-refractivity contribution in [3.8, 4) is 0 Å². The summed E-state index contributed by atoms with van der Waals surface area (Å²) in [6.45, 7) is 1.55. The van der Waals surface area contributed by atoms with Gasteiger partial charge in [0.2, 0.25) is 11.8 Å². The summed E-state index contributed by atoms with van der Waals surface area (Å²) >= 11 is 1.40. The van der Waals surface area contributed by atoms with E-state index in [2.05, 4.69) is 4.98 Å². The smallest absolute Gasteiger partial charge is 0.248 e. The van der Waals surface area contributed by atoms with E-state index >= 15 is 0 Å². The van der Waals surface area contributed by atoms with Crippen molar-refractivity contribution in [3.63, 3.8) is 0 Å². The van der Waals surface area contributed by atoms with Crippen LogP contribution < -0.4 is 11.5 Å². The van der Waals surface area contributed by atoms with E-state index in [1.807, 2.05) is 28.5 Å². The van der Waals surface area contributed by atoms with E-state index in [1.54, 1.807) is 6.07 Å². The number of rotatable bonds is 6. The highest BCUT2D eigenvalue weighted by Gasteiger charge is 2.26. The van der Waals surface area contributed by atoms with Gasteiger partial charge >= 0.3 is 0 Å². The number of nitrogen functional groups attached to an aromatic ring is 1. The lowest BCUT2D eigenvalue weighted by molar-refractivity contribution is -0.130. The van der Waals surface area contributed by atoms with Crippen molar-refractivity contribution in [2.45, 2.75) is 25.7 Å². The van der Waals surface area contributed by atoms with Crippen LogP contribution in [-0.4, -0.2) is 34.8 Å². The second-order valence-electron chi connectivity index (χ2n) is 6.44. The SMILES string of the molecule is NC(=O)c1cccc(C[C@@H]2CCN(C(=O)CCc3csc(N)n3)C2)c1. The number of nitrogens with zero attached hydrogens (tertiary/aromatic N) is 2. The van der Waals surface area contributed by atoms with Crippen molar-refractivity contribution in [1.82, 2.24) is 9.88 Å². The lowest BCUT2D eigenvalue weighted by Crippen LogP contribution is -2.29. The predicted molar refractivity (Wildman–Crippen MR) is 98.2 cm³/mol. The molecule has 1 aliphatic heterocycles. The first-order valence-corrected chi connectivity index (χ1v) is 9.25. The molecule has 1 aliphatic rings. The second kappa shape index (κ2) is 7.65. The summed E-state index contributed by atoms with van der Waals surface area (Å²) in [5.41, 5.74) is 13.5. The number of anilines is 1. The molecule has 132 valence electrons. The summed E-state index contributed by atoms with van der Waals surface area (Å²) < 4.78 is 0. The molecule has 6 nitrogen and oxygen atoms in total. The Balaban J connectivity index is 1.50. The van der Waals surface area contributed by atoms with Crippen LogP contribution in [0.3, 0.4) is 0 Å². The van der Waals surface area contributed by atoms with E-state index in [4.69, 9.17) is 11.5 Å². The number of hydrogen-bond donors (Lipinski definition) is 2. The number of aromatic nitrogens is 1. The van der Waals surface area contributed by atoms with Crippen LogP contribution in [0, 0.1) is 5.92 Å². The molecule has 0 unspecified atom stereocenters. The van der Waals surface area contributed by atoms with Crippen molar-refractivity contribution in [2.24, 2.45) is 11.7 Å². The van der Waals surface area contributed by atoms with Gasteiger partial charge in [0.15, 0.2) is 5.13 Å². The summed E-state index contributed by atoms with van der Waals surface area (Å²) in [6, 6.07) is 7.43. The summed E-state index contributed by atoms with van der Waals surface area (Å²) in [5.74, 6) is 0.176. The first-order valence-electron chi connectivity index (χ1n) is 8.37. The van der Waals surface area contributed by atoms with E-state index in [1.165, 1.54) is 11.3 Å². The van der Waals surface area contributed by atoms with Gasteiger partial charge in [-0.3, -0.25) is 9.59 Å². The van der Waals surface area contributed by atoms with Crippen molar-refractivity contribution >= 4 is 28.3 Å². The Bertz CT molecular complexity index is 774. The number of aryl methyl sites for hydroxylation is 1. The number of amides is 2. The van der Waals surface area contributed by atoms with E-state index in [9.17, 15) is 9.59 Å². The molecule has 7 heteroatoms. The van der Waals surface area contributed by atoms with Gasteiger partial charge in [0, 0.05) is 30.5 Å². The van der Waals surface area contributed by atoms with Gasteiger partial charge < -0.3 is 16.4 Å². The van der Waals surface area contributed by atoms with Crippen LogP contribution in [0.25, 0.3) is 0 Å². The van der Waals surface area contributed by atoms with E-state index in [-0.39, 0.29) is 5.91 Å². The first kappa shape index (κ1) is 17.4. The number of carbonyl (C=O) groups is 2. The summed E-state index contributed by atoms with van der Waals surface area (Å²) in [6.07, 6.45) is 2.94. The van der Waals surface area contributed by atoms with Crippen molar-refractivity contribution in [3.05, 3.63) is 46.5 Å². The van der Waals surface area contributed by atoms with Crippen LogP contribution >= 0.6 is 11.3 Å². The fourth-order valence-electron chi connectivity index (χ4n) is 3.24. The van der Waals surface area contributed by atoms with Gasteiger partial charge in [0.05, 0.1) is 5.69 Å². The van der Waals surface area contributed by atoms with Crippen molar-refractivity contribution in [1.29, 1.82) is 0 Å². The van der Waals surface area contributed by atoms with Gasteiger partial charge in [0.1, 0.15) is 0 Å². The van der Waals surface area contributed by atoms with Gasteiger partial charge in [-0.25, -0.2) is 4.98 Å². The maximum Gasteiger partial charge on any atom is 0.248 e. The molecule has 1 fully saturated rings. The number of likely N-dealkylation sites (tertiary alicyclic amines) is 1. The van der Waals surface area contributed by atoms with E-state index in [0.29, 0.717) is 29.5 Å². The molecule has 1 aromatic carbocycles. The molecule has 0 spiro atoms. The number of hydrogen-bond acceptors (Lipinski definition) is 5. The molecule has 4 N–H and O–H groups in total. The third-order valence-corrected chi connectivity index (χ3v) is 5.26. The van der Waals surface area contributed by atoms with Crippen LogP contribution in [0.15, 0.2) is 29.6 Å². The Morgan fingerprint density at radius 2 is 2.20 bits per heavy atom. The highest BCUT2D eigenvalue weighted by atomic mass is 32.1. The zero-order valence-corrected chi connectivity index (χ0v) is 14.8. The zero-order valence-electron chi connectivity index (χ0n) is 14.0. The second-order valence-corrected chi connectivity index (χ2v) is 7.33. The lowest BCUT2D eigenvalue weighted by atomic mass is 9.97. The molecular formula is C18H22N4O2S. The lowest BCUT2D eigenvalue weighted by Gasteiger charge is -2.16. The zero-order chi connectivity index (χ0) is 17.8. The standard InChI is InChI=1S/C18H22N4O2S/c19-17(24)14-3-1-2-12(9-14)8-13-6-7-22(10-13)16(23)5-4-15-11-25-18(20)21-15/h1-3,9,11,13H,4-8,10H2,(H2,19,24)(H2,20,21)/t13-/m0/s1. The number of nitrogens with two attached hydrogens (primary N) is 2. The Labute approximate surface area is 150 Å². The van der Waals surface area contributed by atoms with Crippen molar-refractivity contribution in [2.75, 3.05) is 18.8 Å². The largest absolute Gasteiger partial charge is 0.375 e. The summed E-state index contributed by atoms with van der Waals surface area (Å²) in [7, 11) is 0. The monoisotopic (exact) mass is 358 g/mol. The molecule has 2 heterocycles. The first-order chi connectivity index (χ1) is 12.0. The summed E-state index contributed by atoms with van der Waals surface area (Å²) in [4.78, 5) is 29.8. The van der Waals surface area contributed by atoms with Crippen LogP contribution in [0.5, 0.6) is 0 Å². The minimum Gasteiger partial charge on any atom is -0.375 e. The fraction of sp³-hybridized carbons (Fsp3) is 0.389. The average Bonchev–Trinajstić information content (AvgIpc) is 3.22. The molecule has 1 aromatic heterocycles. The number of carbonyl (C=O) groups excluding carboxylic acids is 2. The van der Waals surface area contributed by atoms with Gasteiger partial charge in [-0.15, -0.1) is 11.3 Å². The molecule has 3 rings (SSSR count). The third-order valence-electron chi connectivity index (χ3n) is 4.54. The molecule has 0 radical (unpaired) electrons. The molecule has 0 bridgehead atoms. The van der Waals surface area contributed by atoms with Crippen LogP contribution in [-0.2, 0) is 17.6 Å². The molecule has 25 heavy (non-hydrogen) atoms. The third kappa shape index (κ3) is 4.57. The molecule has 2 amide bonds. The summed E-state index contributed by atoms with van der Waals surface area (Å²) in [5, 5.41) is 2.45. The highest BCUT2D eigenvalue weighted by Crippen LogP contribution is 2.22. The topological polar surface area (TPSA) is 102 Å². The normalized spacial score (nSPS) is 17.0. The molecule has 2 aromatic rings. The maximum atomic E-state index is 12.4. The van der Waals surface area contributed by atoms with E-state index in [0.717, 1.165) is 37.2 Å². The average molecular weight is 358 g/mol. The molecule has 1 saturated heterocycles. The number of benzene rings is 1. The Kier molecular flexibility index (Phi) is 5.33. The van der Waals surface area contributed by atoms with Gasteiger partial charge in [-0.05, 0) is 42.9 Å². The van der Waals surface area contributed by atoms with Gasteiger partial charge in [-0.2, -0.15) is 0 Å². The Hall–Kier alpha value is -2.41. The highest BCUT2D eigenvalue weighted by molar-refractivity contribution is 7.13. The Morgan fingerprint density at radius 1 is 1.36 bits per heavy atom. The van der Waals surface area contributed by atoms with Crippen LogP contribution in [0.1, 0.15) is 34.5 Å². The minimum absolute atomic E-state index is 0.167. The maximum absolute atomic E-state index is 12.4. The molecule has 0 saturated carbocycles. The van der Waals surface area contributed by atoms with E-state index < -0.39 is 5.91 Å². The van der Waals surface area contributed by atoms with Crippen LogP contribution in [0.2, 0.25) is 0 Å². The molecular weight excluding hydrogens is 336 g/mol. The quantitative estimate of drug-likeness (QED) is 0.822. The van der Waals surface area contributed by atoms with Gasteiger partial charge in [-0.1, -0.05) is 12.1 Å². The Morgan fingerprint density at radius 3 is 2.92 bits per heavy atom. The predicted octanol–water partition coefficient (Wildman–Crippen LogP) is 1.85.